The zero-order valence-electron chi connectivity index (χ0n) is 16.0. The van der Waals surface area contributed by atoms with Crippen molar-refractivity contribution in [3.05, 3.63) is 66.2 Å². The zero-order chi connectivity index (χ0) is 20.6. The third-order valence-electron chi connectivity index (χ3n) is 4.19. The van der Waals surface area contributed by atoms with Crippen molar-refractivity contribution in [2.24, 2.45) is 5.73 Å². The van der Waals surface area contributed by atoms with E-state index in [0.29, 0.717) is 17.0 Å². The highest BCUT2D eigenvalue weighted by Gasteiger charge is 2.16. The molecule has 0 aliphatic heterocycles. The average Bonchev–Trinajstić information content (AvgIpc) is 3.16. The van der Waals surface area contributed by atoms with Gasteiger partial charge < -0.3 is 15.8 Å². The first-order chi connectivity index (χ1) is 14.1. The molecular formula is C22H22N2O3S2. The first-order valence-electron chi connectivity index (χ1n) is 9.12. The van der Waals surface area contributed by atoms with Crippen molar-refractivity contribution in [2.45, 2.75) is 17.7 Å². The van der Waals surface area contributed by atoms with Crippen molar-refractivity contribution in [1.29, 1.82) is 0 Å². The number of anilines is 1. The molecule has 150 valence electrons. The van der Waals surface area contributed by atoms with E-state index in [1.165, 1.54) is 11.3 Å². The molecule has 3 aromatic rings. The van der Waals surface area contributed by atoms with Gasteiger partial charge in [-0.1, -0.05) is 30.3 Å². The van der Waals surface area contributed by atoms with Gasteiger partial charge in [-0.15, -0.1) is 23.1 Å². The third kappa shape index (κ3) is 5.85. The molecule has 2 amide bonds. The van der Waals surface area contributed by atoms with E-state index in [1.807, 2.05) is 54.6 Å². The SMILES string of the molecule is COc1ccc(SCCCC(=O)Nc2sc(-c3ccccc3)cc2C(N)=O)cc1. The smallest absolute Gasteiger partial charge is 0.251 e. The summed E-state index contributed by atoms with van der Waals surface area (Å²) in [6.07, 6.45) is 1.10. The molecule has 0 radical (unpaired) electrons. The maximum Gasteiger partial charge on any atom is 0.251 e. The summed E-state index contributed by atoms with van der Waals surface area (Å²) in [5.74, 6) is 0.977. The van der Waals surface area contributed by atoms with Crippen molar-refractivity contribution in [3.8, 4) is 16.2 Å². The molecule has 0 saturated carbocycles. The normalized spacial score (nSPS) is 10.5. The Balaban J connectivity index is 1.54. The Hall–Kier alpha value is -2.77. The van der Waals surface area contributed by atoms with E-state index < -0.39 is 5.91 Å². The molecule has 3 N–H and O–H groups in total. The van der Waals surface area contributed by atoms with Crippen LogP contribution < -0.4 is 15.8 Å². The fraction of sp³-hybridized carbons (Fsp3) is 0.182. The number of hydrogen-bond donors (Lipinski definition) is 2. The van der Waals surface area contributed by atoms with Gasteiger partial charge in [-0.05, 0) is 48.1 Å². The lowest BCUT2D eigenvalue weighted by Gasteiger charge is -2.05. The second-order valence-corrected chi connectivity index (χ2v) is 8.48. The van der Waals surface area contributed by atoms with E-state index in [0.717, 1.165) is 33.3 Å². The molecule has 3 rings (SSSR count). The molecule has 7 heteroatoms. The lowest BCUT2D eigenvalue weighted by molar-refractivity contribution is -0.116. The van der Waals surface area contributed by atoms with Gasteiger partial charge in [-0.2, -0.15) is 0 Å². The number of carbonyl (C=O) groups excluding carboxylic acids is 2. The minimum Gasteiger partial charge on any atom is -0.497 e. The quantitative estimate of drug-likeness (QED) is 0.371. The first kappa shape index (κ1) is 21.0. The van der Waals surface area contributed by atoms with Crippen LogP contribution >= 0.6 is 23.1 Å². The molecule has 0 aliphatic rings. The fourth-order valence-electron chi connectivity index (χ4n) is 2.70. The van der Waals surface area contributed by atoms with Crippen LogP contribution in [-0.2, 0) is 4.79 Å². The van der Waals surface area contributed by atoms with Crippen LogP contribution in [0.15, 0.2) is 65.6 Å². The topological polar surface area (TPSA) is 81.4 Å². The number of nitrogens with two attached hydrogens (primary N) is 1. The zero-order valence-corrected chi connectivity index (χ0v) is 17.6. The molecule has 0 fully saturated rings. The Labute approximate surface area is 178 Å². The number of benzene rings is 2. The predicted octanol–water partition coefficient (Wildman–Crippen LogP) is 5.03. The minimum absolute atomic E-state index is 0.121. The van der Waals surface area contributed by atoms with Crippen molar-refractivity contribution < 1.29 is 14.3 Å². The number of hydrogen-bond acceptors (Lipinski definition) is 5. The Kier molecular flexibility index (Phi) is 7.32. The maximum absolute atomic E-state index is 12.3. The van der Waals surface area contributed by atoms with Crippen molar-refractivity contribution in [3.63, 3.8) is 0 Å². The van der Waals surface area contributed by atoms with E-state index >= 15 is 0 Å². The minimum atomic E-state index is -0.547. The van der Waals surface area contributed by atoms with E-state index in [2.05, 4.69) is 5.32 Å². The number of methoxy groups -OCH3 is 1. The van der Waals surface area contributed by atoms with Gasteiger partial charge in [0, 0.05) is 16.2 Å². The molecule has 5 nitrogen and oxygen atoms in total. The number of carbonyl (C=O) groups is 2. The Morgan fingerprint density at radius 1 is 1.10 bits per heavy atom. The van der Waals surface area contributed by atoms with Gasteiger partial charge in [-0.3, -0.25) is 9.59 Å². The molecule has 0 unspecified atom stereocenters. The van der Waals surface area contributed by atoms with Crippen LogP contribution in [0.1, 0.15) is 23.2 Å². The van der Waals surface area contributed by atoms with E-state index in [4.69, 9.17) is 10.5 Å². The lowest BCUT2D eigenvalue weighted by atomic mass is 10.1. The molecule has 1 aromatic heterocycles. The summed E-state index contributed by atoms with van der Waals surface area (Å²) in [6, 6.07) is 19.3. The highest BCUT2D eigenvalue weighted by atomic mass is 32.2. The predicted molar refractivity (Wildman–Crippen MR) is 120 cm³/mol. The van der Waals surface area contributed by atoms with Crippen LogP contribution in [0.4, 0.5) is 5.00 Å². The summed E-state index contributed by atoms with van der Waals surface area (Å²) in [5.41, 5.74) is 6.82. The van der Waals surface area contributed by atoms with E-state index in [1.54, 1.807) is 24.9 Å². The Morgan fingerprint density at radius 2 is 1.83 bits per heavy atom. The van der Waals surface area contributed by atoms with E-state index in [9.17, 15) is 9.59 Å². The lowest BCUT2D eigenvalue weighted by Crippen LogP contribution is -2.16. The van der Waals surface area contributed by atoms with Gasteiger partial charge in [0.1, 0.15) is 10.8 Å². The van der Waals surface area contributed by atoms with Crippen molar-refractivity contribution >= 4 is 39.9 Å². The summed E-state index contributed by atoms with van der Waals surface area (Å²) in [4.78, 5) is 26.1. The number of primary amides is 1. The van der Waals surface area contributed by atoms with Crippen LogP contribution in [0.3, 0.4) is 0 Å². The standard InChI is InChI=1S/C22H22N2O3S2/c1-27-16-9-11-17(12-10-16)28-13-5-8-20(25)24-22-18(21(23)26)14-19(29-22)15-6-3-2-4-7-15/h2-4,6-7,9-12,14H,5,8,13H2,1H3,(H2,23,26)(H,24,25). The third-order valence-corrected chi connectivity index (χ3v) is 6.38. The molecule has 0 aliphatic carbocycles. The molecule has 0 atom stereocenters. The summed E-state index contributed by atoms with van der Waals surface area (Å²) < 4.78 is 5.15. The van der Waals surface area contributed by atoms with Gasteiger partial charge in [0.25, 0.3) is 5.91 Å². The monoisotopic (exact) mass is 426 g/mol. The van der Waals surface area contributed by atoms with Crippen LogP contribution in [0.2, 0.25) is 0 Å². The second-order valence-electron chi connectivity index (χ2n) is 6.26. The van der Waals surface area contributed by atoms with Gasteiger partial charge in [0.15, 0.2) is 0 Å². The average molecular weight is 427 g/mol. The molecule has 0 saturated heterocycles. The summed E-state index contributed by atoms with van der Waals surface area (Å²) in [7, 11) is 1.64. The number of amides is 2. The first-order valence-corrected chi connectivity index (χ1v) is 10.9. The van der Waals surface area contributed by atoms with E-state index in [-0.39, 0.29) is 5.91 Å². The van der Waals surface area contributed by atoms with Crippen molar-refractivity contribution in [1.82, 2.24) is 0 Å². The second kappa shape index (κ2) is 10.1. The highest BCUT2D eigenvalue weighted by molar-refractivity contribution is 7.99. The van der Waals surface area contributed by atoms with Crippen molar-refractivity contribution in [2.75, 3.05) is 18.2 Å². The molecule has 29 heavy (non-hydrogen) atoms. The number of thioether (sulfide) groups is 1. The largest absolute Gasteiger partial charge is 0.497 e. The van der Waals surface area contributed by atoms with Gasteiger partial charge >= 0.3 is 0 Å². The number of ether oxygens (including phenoxy) is 1. The van der Waals surface area contributed by atoms with Gasteiger partial charge in [-0.25, -0.2) is 0 Å². The fourth-order valence-corrected chi connectivity index (χ4v) is 4.63. The molecule has 0 spiro atoms. The molecule has 0 bridgehead atoms. The highest BCUT2D eigenvalue weighted by Crippen LogP contribution is 2.35. The summed E-state index contributed by atoms with van der Waals surface area (Å²) >= 11 is 3.05. The number of rotatable bonds is 9. The summed E-state index contributed by atoms with van der Waals surface area (Å²) in [6.45, 7) is 0. The molecule has 2 aromatic carbocycles. The van der Waals surface area contributed by atoms with Gasteiger partial charge in [0.2, 0.25) is 5.91 Å². The molecular weight excluding hydrogens is 404 g/mol. The molecule has 1 heterocycles. The van der Waals surface area contributed by atoms with Crippen LogP contribution in [0.25, 0.3) is 10.4 Å². The van der Waals surface area contributed by atoms with Crippen LogP contribution in [-0.4, -0.2) is 24.7 Å². The Morgan fingerprint density at radius 3 is 2.48 bits per heavy atom. The van der Waals surface area contributed by atoms with Crippen LogP contribution in [0.5, 0.6) is 5.75 Å². The van der Waals surface area contributed by atoms with Crippen LogP contribution in [0, 0.1) is 0 Å². The maximum atomic E-state index is 12.3. The summed E-state index contributed by atoms with van der Waals surface area (Å²) in [5, 5.41) is 3.35. The number of nitrogens with one attached hydrogen (secondary N) is 1. The van der Waals surface area contributed by atoms with Gasteiger partial charge in [0.05, 0.1) is 12.7 Å². The number of thiophene rings is 1. The Bertz CT molecular complexity index is 969.